The van der Waals surface area contributed by atoms with Crippen LogP contribution in [0.1, 0.15) is 54.7 Å². The van der Waals surface area contributed by atoms with Crippen LogP contribution >= 0.6 is 0 Å². The first-order valence-electron chi connectivity index (χ1n) is 9.34. The molecule has 2 aromatic rings. The van der Waals surface area contributed by atoms with Crippen LogP contribution < -0.4 is 5.69 Å². The first kappa shape index (κ1) is 18.4. The number of aromatic amines is 1. The van der Waals surface area contributed by atoms with Crippen molar-refractivity contribution in [2.45, 2.75) is 58.9 Å². The zero-order chi connectivity index (χ0) is 18.7. The van der Waals surface area contributed by atoms with Gasteiger partial charge in [-0.2, -0.15) is 10.1 Å². The van der Waals surface area contributed by atoms with E-state index in [-0.39, 0.29) is 11.6 Å². The molecule has 140 valence electrons. The van der Waals surface area contributed by atoms with E-state index in [4.69, 9.17) is 0 Å². The SMILES string of the molecule is CCc1cn[nH]c1[C@@H]1CCCN(C(=O)CCn2c(C)cc(C)nc2=O)C1. The van der Waals surface area contributed by atoms with Crippen LogP contribution in [0.15, 0.2) is 17.1 Å². The molecule has 1 atom stereocenters. The highest BCUT2D eigenvalue weighted by molar-refractivity contribution is 5.76. The number of aryl methyl sites for hydroxylation is 3. The summed E-state index contributed by atoms with van der Waals surface area (Å²) in [7, 11) is 0. The van der Waals surface area contributed by atoms with Crippen LogP contribution in [-0.2, 0) is 17.8 Å². The molecule has 7 nitrogen and oxygen atoms in total. The Morgan fingerprint density at radius 3 is 2.92 bits per heavy atom. The molecule has 3 heterocycles. The lowest BCUT2D eigenvalue weighted by atomic mass is 9.92. The van der Waals surface area contributed by atoms with Crippen LogP contribution in [0.25, 0.3) is 0 Å². The molecule has 0 unspecified atom stereocenters. The molecule has 1 N–H and O–H groups in total. The minimum Gasteiger partial charge on any atom is -0.342 e. The van der Waals surface area contributed by atoms with Crippen LogP contribution in [0.3, 0.4) is 0 Å². The molecule has 1 fully saturated rings. The van der Waals surface area contributed by atoms with Gasteiger partial charge in [0.1, 0.15) is 0 Å². The lowest BCUT2D eigenvalue weighted by molar-refractivity contribution is -0.132. The summed E-state index contributed by atoms with van der Waals surface area (Å²) in [6.07, 6.45) is 5.21. The van der Waals surface area contributed by atoms with Gasteiger partial charge in [-0.1, -0.05) is 6.92 Å². The van der Waals surface area contributed by atoms with Crippen molar-refractivity contribution >= 4 is 5.91 Å². The molecule has 1 aliphatic rings. The number of rotatable bonds is 5. The number of amides is 1. The maximum atomic E-state index is 12.7. The third kappa shape index (κ3) is 3.86. The van der Waals surface area contributed by atoms with E-state index < -0.39 is 0 Å². The Balaban J connectivity index is 1.64. The second kappa shape index (κ2) is 7.85. The number of H-pyrrole nitrogens is 1. The summed E-state index contributed by atoms with van der Waals surface area (Å²) in [5.74, 6) is 0.412. The molecule has 7 heteroatoms. The summed E-state index contributed by atoms with van der Waals surface area (Å²) >= 11 is 0. The Morgan fingerprint density at radius 2 is 2.19 bits per heavy atom. The van der Waals surface area contributed by atoms with Crippen LogP contribution in [-0.4, -0.2) is 43.6 Å². The van der Waals surface area contributed by atoms with Gasteiger partial charge in [-0.25, -0.2) is 4.79 Å². The molecule has 0 radical (unpaired) electrons. The molecular weight excluding hydrogens is 330 g/mol. The monoisotopic (exact) mass is 357 g/mol. The number of likely N-dealkylation sites (tertiary alicyclic amines) is 1. The fourth-order valence-corrected chi connectivity index (χ4v) is 3.81. The van der Waals surface area contributed by atoms with Crippen molar-refractivity contribution < 1.29 is 4.79 Å². The number of aromatic nitrogens is 4. The van der Waals surface area contributed by atoms with Gasteiger partial charge in [-0.15, -0.1) is 0 Å². The Morgan fingerprint density at radius 1 is 1.38 bits per heavy atom. The summed E-state index contributed by atoms with van der Waals surface area (Å²) in [4.78, 5) is 30.6. The van der Waals surface area contributed by atoms with Gasteiger partial charge in [-0.3, -0.25) is 14.5 Å². The largest absolute Gasteiger partial charge is 0.347 e. The van der Waals surface area contributed by atoms with Crippen LogP contribution in [0.5, 0.6) is 0 Å². The number of carbonyl (C=O) groups excluding carboxylic acids is 1. The molecule has 0 saturated carbocycles. The number of nitrogens with one attached hydrogen (secondary N) is 1. The molecule has 0 aromatic carbocycles. The first-order chi connectivity index (χ1) is 12.5. The third-order valence-electron chi connectivity index (χ3n) is 5.21. The average Bonchev–Trinajstić information content (AvgIpc) is 3.09. The highest BCUT2D eigenvalue weighted by Crippen LogP contribution is 2.28. The number of carbonyl (C=O) groups is 1. The summed E-state index contributed by atoms with van der Waals surface area (Å²) in [6.45, 7) is 7.68. The molecule has 26 heavy (non-hydrogen) atoms. The highest BCUT2D eigenvalue weighted by Gasteiger charge is 2.27. The van der Waals surface area contributed by atoms with Crippen molar-refractivity contribution in [3.63, 3.8) is 0 Å². The topological polar surface area (TPSA) is 83.9 Å². The standard InChI is InChI=1S/C19H27N5O2/c1-4-15-11-20-22-18(15)16-6-5-8-23(12-16)17(25)7-9-24-14(3)10-13(2)21-19(24)26/h10-11,16H,4-9,12H2,1-3H3,(H,20,22)/t16-/m1/s1. The van der Waals surface area contributed by atoms with Crippen LogP contribution in [0.4, 0.5) is 0 Å². The first-order valence-corrected chi connectivity index (χ1v) is 9.34. The van der Waals surface area contributed by atoms with Crippen molar-refractivity contribution in [2.24, 2.45) is 0 Å². The molecule has 3 rings (SSSR count). The van der Waals surface area contributed by atoms with E-state index >= 15 is 0 Å². The van der Waals surface area contributed by atoms with Gasteiger partial charge in [0.25, 0.3) is 0 Å². The molecule has 0 aliphatic carbocycles. The van der Waals surface area contributed by atoms with Gasteiger partial charge in [0.05, 0.1) is 6.20 Å². The Bertz CT molecular complexity index is 839. The second-order valence-corrected chi connectivity index (χ2v) is 7.06. The van der Waals surface area contributed by atoms with E-state index in [1.807, 2.05) is 24.1 Å². The Labute approximate surface area is 153 Å². The third-order valence-corrected chi connectivity index (χ3v) is 5.21. The number of hydrogen-bond donors (Lipinski definition) is 1. The lowest BCUT2D eigenvalue weighted by Gasteiger charge is -2.33. The van der Waals surface area contributed by atoms with Crippen LogP contribution in [0, 0.1) is 13.8 Å². The molecule has 0 spiro atoms. The van der Waals surface area contributed by atoms with Gasteiger partial charge in [0.2, 0.25) is 5.91 Å². The second-order valence-electron chi connectivity index (χ2n) is 7.06. The number of nitrogens with zero attached hydrogens (tertiary/aromatic N) is 4. The van der Waals surface area contributed by atoms with Crippen molar-refractivity contribution in [3.05, 3.63) is 45.4 Å². The van der Waals surface area contributed by atoms with Crippen molar-refractivity contribution in [1.29, 1.82) is 0 Å². The highest BCUT2D eigenvalue weighted by atomic mass is 16.2. The van der Waals surface area contributed by atoms with Crippen molar-refractivity contribution in [1.82, 2.24) is 24.6 Å². The average molecular weight is 357 g/mol. The summed E-state index contributed by atoms with van der Waals surface area (Å²) < 4.78 is 1.58. The fourth-order valence-electron chi connectivity index (χ4n) is 3.81. The zero-order valence-electron chi connectivity index (χ0n) is 15.8. The molecule has 2 aromatic heterocycles. The van der Waals surface area contributed by atoms with Crippen molar-refractivity contribution in [3.8, 4) is 0 Å². The predicted molar refractivity (Wildman–Crippen MR) is 99.1 cm³/mol. The van der Waals surface area contributed by atoms with Gasteiger partial charge in [0, 0.05) is 49.1 Å². The van der Waals surface area contributed by atoms with Gasteiger partial charge >= 0.3 is 5.69 Å². The van der Waals surface area contributed by atoms with E-state index in [9.17, 15) is 9.59 Å². The van der Waals surface area contributed by atoms with Crippen molar-refractivity contribution in [2.75, 3.05) is 13.1 Å². The predicted octanol–water partition coefficient (Wildman–Crippen LogP) is 1.94. The van der Waals surface area contributed by atoms with Gasteiger partial charge in [0.15, 0.2) is 0 Å². The molecule has 0 bridgehead atoms. The lowest BCUT2D eigenvalue weighted by Crippen LogP contribution is -2.40. The zero-order valence-corrected chi connectivity index (χ0v) is 15.8. The normalized spacial score (nSPS) is 17.5. The molecule has 1 amide bonds. The fraction of sp³-hybridized carbons (Fsp3) is 0.579. The minimum absolute atomic E-state index is 0.0964. The number of hydrogen-bond acceptors (Lipinski definition) is 4. The summed E-state index contributed by atoms with van der Waals surface area (Å²) in [5, 5.41) is 7.29. The van der Waals surface area contributed by atoms with Gasteiger partial charge in [-0.05, 0) is 44.7 Å². The molecule has 1 saturated heterocycles. The van der Waals surface area contributed by atoms with E-state index in [0.717, 1.165) is 31.5 Å². The molecule has 1 aliphatic heterocycles. The maximum Gasteiger partial charge on any atom is 0.347 e. The van der Waals surface area contributed by atoms with Crippen LogP contribution in [0.2, 0.25) is 0 Å². The quantitative estimate of drug-likeness (QED) is 0.886. The van der Waals surface area contributed by atoms with E-state index in [2.05, 4.69) is 22.1 Å². The van der Waals surface area contributed by atoms with Gasteiger partial charge < -0.3 is 4.90 Å². The van der Waals surface area contributed by atoms with E-state index in [1.165, 1.54) is 11.3 Å². The smallest absolute Gasteiger partial charge is 0.342 e. The Kier molecular flexibility index (Phi) is 5.54. The number of piperidine rings is 1. The summed E-state index contributed by atoms with van der Waals surface area (Å²) in [5.41, 5.74) is 3.67. The maximum absolute atomic E-state index is 12.7. The summed E-state index contributed by atoms with van der Waals surface area (Å²) in [6, 6.07) is 1.87. The Hall–Kier alpha value is -2.44. The minimum atomic E-state index is -0.281. The van der Waals surface area contributed by atoms with E-state index in [0.29, 0.717) is 31.1 Å². The van der Waals surface area contributed by atoms with E-state index in [1.54, 1.807) is 11.5 Å². The molecular formula is C19H27N5O2.